The summed E-state index contributed by atoms with van der Waals surface area (Å²) in [7, 11) is 0. The number of nitrogens with one attached hydrogen (secondary N) is 1. The van der Waals surface area contributed by atoms with Crippen LogP contribution in [0.1, 0.15) is 12.8 Å². The van der Waals surface area contributed by atoms with Crippen LogP contribution in [0.25, 0.3) is 0 Å². The number of urea groups is 1. The van der Waals surface area contributed by atoms with Gasteiger partial charge in [-0.05, 0) is 18.2 Å². The van der Waals surface area contributed by atoms with Crippen molar-refractivity contribution in [3.63, 3.8) is 0 Å². The van der Waals surface area contributed by atoms with Crippen LogP contribution >= 0.6 is 23.2 Å². The van der Waals surface area contributed by atoms with Crippen molar-refractivity contribution in [3.8, 4) is 0 Å². The molecular weight excluding hydrogens is 275 g/mol. The number of Topliss-reactive ketones (excluding diaryl/α,β-unsaturated/α-hetero) is 1. The molecule has 2 amide bonds. The van der Waals surface area contributed by atoms with Crippen LogP contribution in [-0.4, -0.2) is 29.8 Å². The van der Waals surface area contributed by atoms with Gasteiger partial charge >= 0.3 is 6.03 Å². The Balaban J connectivity index is 1.98. The smallest absolute Gasteiger partial charge is 0.321 e. The summed E-state index contributed by atoms with van der Waals surface area (Å²) >= 11 is 11.7. The number of piperidine rings is 1. The Bertz CT molecular complexity index is 481. The highest BCUT2D eigenvalue weighted by atomic mass is 35.5. The number of hydrogen-bond donors (Lipinski definition) is 1. The molecule has 0 aromatic heterocycles. The van der Waals surface area contributed by atoms with Crippen LogP contribution in [0.4, 0.5) is 10.5 Å². The molecule has 0 radical (unpaired) electrons. The summed E-state index contributed by atoms with van der Waals surface area (Å²) in [6.45, 7) is 0.929. The summed E-state index contributed by atoms with van der Waals surface area (Å²) in [5.41, 5.74) is 0.589. The first kappa shape index (κ1) is 13.2. The van der Waals surface area contributed by atoms with Gasteiger partial charge in [0.05, 0.1) is 10.0 Å². The van der Waals surface area contributed by atoms with Crippen LogP contribution in [0, 0.1) is 0 Å². The van der Waals surface area contributed by atoms with Crippen molar-refractivity contribution in [1.29, 1.82) is 0 Å². The van der Waals surface area contributed by atoms with Crippen LogP contribution in [0.3, 0.4) is 0 Å². The topological polar surface area (TPSA) is 49.4 Å². The normalized spacial score (nSPS) is 15.7. The summed E-state index contributed by atoms with van der Waals surface area (Å²) in [5.74, 6) is 0.202. The van der Waals surface area contributed by atoms with E-state index < -0.39 is 0 Å². The van der Waals surface area contributed by atoms with Gasteiger partial charge in [0.1, 0.15) is 5.78 Å². The van der Waals surface area contributed by atoms with E-state index >= 15 is 0 Å². The Kier molecular flexibility index (Phi) is 4.09. The lowest BCUT2D eigenvalue weighted by molar-refractivity contribution is -0.120. The van der Waals surface area contributed by atoms with Crippen molar-refractivity contribution < 1.29 is 9.59 Å². The van der Waals surface area contributed by atoms with Gasteiger partial charge in [-0.25, -0.2) is 4.79 Å². The number of halogens is 2. The largest absolute Gasteiger partial charge is 0.324 e. The van der Waals surface area contributed by atoms with Gasteiger partial charge in [-0.1, -0.05) is 23.2 Å². The second-order valence-corrected chi connectivity index (χ2v) is 4.90. The van der Waals surface area contributed by atoms with E-state index in [-0.39, 0.29) is 11.8 Å². The molecule has 0 unspecified atom stereocenters. The molecule has 18 heavy (non-hydrogen) atoms. The van der Waals surface area contributed by atoms with E-state index in [0.29, 0.717) is 41.7 Å². The maximum absolute atomic E-state index is 11.9. The second-order valence-electron chi connectivity index (χ2n) is 4.08. The van der Waals surface area contributed by atoms with Crippen molar-refractivity contribution in [3.05, 3.63) is 28.2 Å². The summed E-state index contributed by atoms with van der Waals surface area (Å²) in [5, 5.41) is 3.56. The zero-order valence-corrected chi connectivity index (χ0v) is 11.1. The van der Waals surface area contributed by atoms with Gasteiger partial charge in [-0.2, -0.15) is 0 Å². The number of carbonyl (C=O) groups excluding carboxylic acids is 2. The summed E-state index contributed by atoms with van der Waals surface area (Å²) in [6.07, 6.45) is 0.851. The first-order valence-corrected chi connectivity index (χ1v) is 6.34. The van der Waals surface area contributed by atoms with Gasteiger partial charge in [-0.3, -0.25) is 4.79 Å². The number of likely N-dealkylation sites (tertiary alicyclic amines) is 1. The molecule has 2 rings (SSSR count). The summed E-state index contributed by atoms with van der Waals surface area (Å²) in [4.78, 5) is 24.6. The molecule has 0 aliphatic carbocycles. The van der Waals surface area contributed by atoms with Crippen LogP contribution in [-0.2, 0) is 4.79 Å². The quantitative estimate of drug-likeness (QED) is 0.862. The highest BCUT2D eigenvalue weighted by Gasteiger charge is 2.20. The molecule has 1 aromatic rings. The minimum Gasteiger partial charge on any atom is -0.324 e. The summed E-state index contributed by atoms with van der Waals surface area (Å²) in [6, 6.07) is 4.68. The molecule has 0 bridgehead atoms. The van der Waals surface area contributed by atoms with Crippen LogP contribution in [0.2, 0.25) is 10.0 Å². The van der Waals surface area contributed by atoms with E-state index in [1.54, 1.807) is 23.1 Å². The highest BCUT2D eigenvalue weighted by Crippen LogP contribution is 2.25. The molecule has 0 atom stereocenters. The van der Waals surface area contributed by atoms with Crippen molar-refractivity contribution in [2.45, 2.75) is 12.8 Å². The SMILES string of the molecule is O=C1CCN(C(=O)Nc2ccc(Cl)c(Cl)c2)CC1. The Morgan fingerprint density at radius 1 is 1.17 bits per heavy atom. The van der Waals surface area contributed by atoms with E-state index in [2.05, 4.69) is 5.32 Å². The zero-order valence-electron chi connectivity index (χ0n) is 9.58. The highest BCUT2D eigenvalue weighted by molar-refractivity contribution is 6.42. The van der Waals surface area contributed by atoms with E-state index in [4.69, 9.17) is 23.2 Å². The number of anilines is 1. The van der Waals surface area contributed by atoms with Crippen molar-refractivity contribution in [1.82, 2.24) is 4.90 Å². The molecule has 1 aliphatic heterocycles. The second kappa shape index (κ2) is 5.59. The molecule has 1 saturated heterocycles. The number of nitrogens with zero attached hydrogens (tertiary/aromatic N) is 1. The number of rotatable bonds is 1. The third-order valence-corrected chi connectivity index (χ3v) is 3.52. The average Bonchev–Trinajstić information content (AvgIpc) is 2.34. The number of ketones is 1. The maximum atomic E-state index is 11.9. The molecule has 1 aliphatic rings. The molecule has 96 valence electrons. The zero-order chi connectivity index (χ0) is 13.1. The number of hydrogen-bond acceptors (Lipinski definition) is 2. The Morgan fingerprint density at radius 3 is 2.44 bits per heavy atom. The summed E-state index contributed by atoms with van der Waals surface area (Å²) < 4.78 is 0. The van der Waals surface area contributed by atoms with Gasteiger partial charge in [0.25, 0.3) is 0 Å². The monoisotopic (exact) mass is 286 g/mol. The van der Waals surface area contributed by atoms with Gasteiger partial charge in [0.15, 0.2) is 0 Å². The lowest BCUT2D eigenvalue weighted by Gasteiger charge is -2.26. The molecule has 1 heterocycles. The molecule has 1 N–H and O–H groups in total. The molecule has 4 nitrogen and oxygen atoms in total. The van der Waals surface area contributed by atoms with Gasteiger partial charge in [0, 0.05) is 31.6 Å². The lowest BCUT2D eigenvalue weighted by Crippen LogP contribution is -2.41. The molecule has 0 spiro atoms. The fraction of sp³-hybridized carbons (Fsp3) is 0.333. The van der Waals surface area contributed by atoms with E-state index in [1.165, 1.54) is 0 Å². The van der Waals surface area contributed by atoms with E-state index in [9.17, 15) is 9.59 Å². The van der Waals surface area contributed by atoms with Crippen molar-refractivity contribution in [2.24, 2.45) is 0 Å². The third kappa shape index (κ3) is 3.15. The lowest BCUT2D eigenvalue weighted by atomic mass is 10.1. The minimum atomic E-state index is -0.221. The fourth-order valence-corrected chi connectivity index (χ4v) is 2.03. The predicted octanol–water partition coefficient (Wildman–Crippen LogP) is 3.19. The minimum absolute atomic E-state index is 0.202. The molecule has 1 fully saturated rings. The third-order valence-electron chi connectivity index (χ3n) is 2.78. The standard InChI is InChI=1S/C12H12Cl2N2O2/c13-10-2-1-8(7-11(10)14)15-12(18)16-5-3-9(17)4-6-16/h1-2,7H,3-6H2,(H,15,18). The van der Waals surface area contributed by atoms with Crippen LogP contribution < -0.4 is 5.32 Å². The maximum Gasteiger partial charge on any atom is 0.321 e. The predicted molar refractivity (Wildman–Crippen MR) is 71.3 cm³/mol. The van der Waals surface area contributed by atoms with Crippen molar-refractivity contribution in [2.75, 3.05) is 18.4 Å². The van der Waals surface area contributed by atoms with Crippen molar-refractivity contribution >= 4 is 40.7 Å². The molecule has 6 heteroatoms. The first-order valence-electron chi connectivity index (χ1n) is 5.59. The Labute approximate surface area is 115 Å². The van der Waals surface area contributed by atoms with Gasteiger partial charge in [0.2, 0.25) is 0 Å². The Morgan fingerprint density at radius 2 is 1.83 bits per heavy atom. The van der Waals surface area contributed by atoms with E-state index in [1.807, 2.05) is 0 Å². The molecule has 0 saturated carbocycles. The van der Waals surface area contributed by atoms with E-state index in [0.717, 1.165) is 0 Å². The first-order chi connectivity index (χ1) is 8.56. The molecule has 1 aromatic carbocycles. The average molecular weight is 287 g/mol. The van der Waals surface area contributed by atoms with Gasteiger partial charge < -0.3 is 10.2 Å². The van der Waals surface area contributed by atoms with Gasteiger partial charge in [-0.15, -0.1) is 0 Å². The number of carbonyl (C=O) groups is 2. The number of benzene rings is 1. The Hall–Kier alpha value is -1.26. The number of amides is 2. The van der Waals surface area contributed by atoms with Crippen LogP contribution in [0.15, 0.2) is 18.2 Å². The molecular formula is C12H12Cl2N2O2. The fourth-order valence-electron chi connectivity index (χ4n) is 1.74. The van der Waals surface area contributed by atoms with Crippen LogP contribution in [0.5, 0.6) is 0 Å².